The summed E-state index contributed by atoms with van der Waals surface area (Å²) in [6.07, 6.45) is 0. The van der Waals surface area contributed by atoms with Gasteiger partial charge in [0.25, 0.3) is 0 Å². The van der Waals surface area contributed by atoms with Crippen LogP contribution >= 0.6 is 0 Å². The largest absolute Gasteiger partial charge is 0.204 e. The van der Waals surface area contributed by atoms with E-state index >= 15 is 0 Å². The second kappa shape index (κ2) is 6.95. The predicted octanol–water partition coefficient (Wildman–Crippen LogP) is 4.64. The minimum atomic E-state index is 0.525. The van der Waals surface area contributed by atoms with Gasteiger partial charge in [-0.1, -0.05) is 76.2 Å². The summed E-state index contributed by atoms with van der Waals surface area (Å²) in [6.45, 7) is 9.41. The van der Waals surface area contributed by atoms with Gasteiger partial charge >= 0.3 is 0 Å². The van der Waals surface area contributed by atoms with Crippen molar-refractivity contribution < 1.29 is 0 Å². The molecule has 24 heavy (non-hydrogen) atoms. The number of aromatic nitrogens is 4. The lowest BCUT2D eigenvalue weighted by molar-refractivity contribution is 0.572. The minimum absolute atomic E-state index is 0.525. The molecule has 4 nitrogen and oxygen atoms in total. The first-order valence-corrected chi connectivity index (χ1v) is 8.50. The van der Waals surface area contributed by atoms with Crippen LogP contribution in [0.1, 0.15) is 56.2 Å². The van der Waals surface area contributed by atoms with E-state index in [1.54, 1.807) is 4.80 Å². The molecule has 0 fully saturated rings. The molecule has 0 N–H and O–H groups in total. The lowest BCUT2D eigenvalue weighted by Gasteiger charge is -2.06. The van der Waals surface area contributed by atoms with Crippen molar-refractivity contribution in [1.82, 2.24) is 20.2 Å². The molecule has 4 heteroatoms. The SMILES string of the molecule is CC(C)c1ccc(Cn2nnc(-c3ccc(C(C)C)cc3)n2)cc1. The average Bonchev–Trinajstić information content (AvgIpc) is 3.04. The first-order chi connectivity index (χ1) is 11.5. The van der Waals surface area contributed by atoms with Crippen molar-refractivity contribution in [1.29, 1.82) is 0 Å². The third-order valence-corrected chi connectivity index (χ3v) is 4.26. The number of benzene rings is 2. The van der Waals surface area contributed by atoms with Gasteiger partial charge in [0.2, 0.25) is 5.82 Å². The summed E-state index contributed by atoms with van der Waals surface area (Å²) >= 11 is 0. The normalized spacial score (nSPS) is 11.4. The summed E-state index contributed by atoms with van der Waals surface area (Å²) < 4.78 is 0. The molecule has 0 bridgehead atoms. The summed E-state index contributed by atoms with van der Waals surface area (Å²) in [6, 6.07) is 17.0. The van der Waals surface area contributed by atoms with Crippen molar-refractivity contribution in [3.63, 3.8) is 0 Å². The van der Waals surface area contributed by atoms with Gasteiger partial charge in [-0.15, -0.1) is 10.2 Å². The molecular formula is C20H24N4. The number of hydrogen-bond donors (Lipinski definition) is 0. The molecule has 0 amide bonds. The molecule has 2 aromatic carbocycles. The number of rotatable bonds is 5. The second-order valence-corrected chi connectivity index (χ2v) is 6.82. The van der Waals surface area contributed by atoms with E-state index in [-0.39, 0.29) is 0 Å². The molecule has 0 radical (unpaired) electrons. The molecule has 0 aliphatic rings. The van der Waals surface area contributed by atoms with Crippen LogP contribution in [0.3, 0.4) is 0 Å². The van der Waals surface area contributed by atoms with Gasteiger partial charge in [-0.2, -0.15) is 4.80 Å². The molecule has 0 unspecified atom stereocenters. The maximum atomic E-state index is 4.50. The third-order valence-electron chi connectivity index (χ3n) is 4.26. The van der Waals surface area contributed by atoms with Crippen LogP contribution in [0.5, 0.6) is 0 Å². The Morgan fingerprint density at radius 1 is 0.792 bits per heavy atom. The van der Waals surface area contributed by atoms with Gasteiger partial charge in [-0.25, -0.2) is 0 Å². The van der Waals surface area contributed by atoms with Crippen molar-refractivity contribution in [2.24, 2.45) is 0 Å². The van der Waals surface area contributed by atoms with Gasteiger partial charge in [0.1, 0.15) is 0 Å². The smallest absolute Gasteiger partial charge is 0.159 e. The number of nitrogens with zero attached hydrogens (tertiary/aromatic N) is 4. The fraction of sp³-hybridized carbons (Fsp3) is 0.350. The van der Waals surface area contributed by atoms with Crippen LogP contribution < -0.4 is 0 Å². The molecule has 0 atom stereocenters. The van der Waals surface area contributed by atoms with Gasteiger partial charge < -0.3 is 0 Å². The van der Waals surface area contributed by atoms with E-state index in [9.17, 15) is 0 Å². The minimum Gasteiger partial charge on any atom is -0.159 e. The van der Waals surface area contributed by atoms with Crippen LogP contribution in [-0.4, -0.2) is 20.2 Å². The molecule has 0 saturated heterocycles. The molecule has 0 aliphatic carbocycles. The molecule has 1 aromatic heterocycles. The van der Waals surface area contributed by atoms with Crippen molar-refractivity contribution in [2.45, 2.75) is 46.1 Å². The lowest BCUT2D eigenvalue weighted by atomic mass is 10.0. The summed E-state index contributed by atoms with van der Waals surface area (Å²) in [5, 5.41) is 12.9. The number of tetrazole rings is 1. The zero-order valence-corrected chi connectivity index (χ0v) is 14.8. The Kier molecular flexibility index (Phi) is 4.74. The Labute approximate surface area is 143 Å². The first-order valence-electron chi connectivity index (χ1n) is 8.50. The Morgan fingerprint density at radius 3 is 1.88 bits per heavy atom. The molecule has 3 rings (SSSR count). The quantitative estimate of drug-likeness (QED) is 0.688. The fourth-order valence-electron chi connectivity index (χ4n) is 2.61. The van der Waals surface area contributed by atoms with E-state index in [4.69, 9.17) is 0 Å². The molecule has 1 heterocycles. The standard InChI is InChI=1S/C20H24N4/c1-14(2)17-7-5-16(6-8-17)13-24-22-20(21-23-24)19-11-9-18(10-12-19)15(3)4/h5-12,14-15H,13H2,1-4H3. The first kappa shape index (κ1) is 16.4. The Bertz CT molecular complexity index is 783. The highest BCUT2D eigenvalue weighted by molar-refractivity contribution is 5.54. The lowest BCUT2D eigenvalue weighted by Crippen LogP contribution is -2.04. The highest BCUT2D eigenvalue weighted by atomic mass is 15.6. The van der Waals surface area contributed by atoms with Gasteiger partial charge in [-0.3, -0.25) is 0 Å². The Balaban J connectivity index is 1.73. The monoisotopic (exact) mass is 320 g/mol. The van der Waals surface area contributed by atoms with E-state index in [2.05, 4.69) is 91.6 Å². The van der Waals surface area contributed by atoms with E-state index < -0.39 is 0 Å². The average molecular weight is 320 g/mol. The zero-order chi connectivity index (χ0) is 17.1. The third kappa shape index (κ3) is 3.70. The second-order valence-electron chi connectivity index (χ2n) is 6.82. The maximum Gasteiger partial charge on any atom is 0.204 e. The summed E-state index contributed by atoms with van der Waals surface area (Å²) in [7, 11) is 0. The molecule has 3 aromatic rings. The fourth-order valence-corrected chi connectivity index (χ4v) is 2.61. The zero-order valence-electron chi connectivity index (χ0n) is 14.8. The summed E-state index contributed by atoms with van der Waals surface area (Å²) in [4.78, 5) is 1.65. The van der Waals surface area contributed by atoms with Crippen LogP contribution in [0.15, 0.2) is 48.5 Å². The van der Waals surface area contributed by atoms with Gasteiger partial charge in [0.05, 0.1) is 6.54 Å². The van der Waals surface area contributed by atoms with Crippen LogP contribution in [-0.2, 0) is 6.54 Å². The van der Waals surface area contributed by atoms with Gasteiger partial charge in [0.15, 0.2) is 0 Å². The van der Waals surface area contributed by atoms with Crippen LogP contribution in [0, 0.1) is 0 Å². The van der Waals surface area contributed by atoms with Crippen LogP contribution in [0.25, 0.3) is 11.4 Å². The predicted molar refractivity (Wildman–Crippen MR) is 97.0 cm³/mol. The van der Waals surface area contributed by atoms with Crippen molar-refractivity contribution >= 4 is 0 Å². The van der Waals surface area contributed by atoms with Gasteiger partial charge in [0, 0.05) is 5.56 Å². The van der Waals surface area contributed by atoms with Crippen molar-refractivity contribution in [2.75, 3.05) is 0 Å². The molecule has 0 spiro atoms. The van der Waals surface area contributed by atoms with Crippen molar-refractivity contribution in [3.8, 4) is 11.4 Å². The van der Waals surface area contributed by atoms with Crippen molar-refractivity contribution in [3.05, 3.63) is 65.2 Å². The summed E-state index contributed by atoms with van der Waals surface area (Å²) in [5.41, 5.74) is 4.84. The highest BCUT2D eigenvalue weighted by Gasteiger charge is 2.08. The van der Waals surface area contributed by atoms with E-state index in [0.717, 1.165) is 5.56 Å². The Morgan fingerprint density at radius 2 is 1.33 bits per heavy atom. The van der Waals surface area contributed by atoms with E-state index in [1.807, 2.05) is 0 Å². The molecule has 0 aliphatic heterocycles. The topological polar surface area (TPSA) is 43.6 Å². The highest BCUT2D eigenvalue weighted by Crippen LogP contribution is 2.20. The van der Waals surface area contributed by atoms with Crippen LogP contribution in [0.4, 0.5) is 0 Å². The molecular weight excluding hydrogens is 296 g/mol. The number of hydrogen-bond acceptors (Lipinski definition) is 3. The van der Waals surface area contributed by atoms with Gasteiger partial charge in [-0.05, 0) is 33.7 Å². The Hall–Kier alpha value is -2.49. The summed E-state index contributed by atoms with van der Waals surface area (Å²) in [5.74, 6) is 1.74. The van der Waals surface area contributed by atoms with Crippen LogP contribution in [0.2, 0.25) is 0 Å². The maximum absolute atomic E-state index is 4.50. The van der Waals surface area contributed by atoms with E-state index in [0.29, 0.717) is 24.2 Å². The molecule has 124 valence electrons. The molecule has 0 saturated carbocycles. The van der Waals surface area contributed by atoms with E-state index in [1.165, 1.54) is 16.7 Å².